The van der Waals surface area contributed by atoms with E-state index in [2.05, 4.69) is 16.7 Å². The molecule has 128 valence electrons. The molecule has 1 aliphatic heterocycles. The van der Waals surface area contributed by atoms with Gasteiger partial charge in [0, 0.05) is 18.7 Å². The average Bonchev–Trinajstić information content (AvgIpc) is 2.49. The second-order valence-corrected chi connectivity index (χ2v) is 7.92. The van der Waals surface area contributed by atoms with Crippen LogP contribution in [-0.4, -0.2) is 44.9 Å². The van der Waals surface area contributed by atoms with Gasteiger partial charge in [0.1, 0.15) is 0 Å². The number of hydrogen-bond acceptors (Lipinski definition) is 5. The molecule has 1 heterocycles. The van der Waals surface area contributed by atoms with Crippen LogP contribution in [0.1, 0.15) is 24.8 Å². The van der Waals surface area contributed by atoms with Gasteiger partial charge in [-0.1, -0.05) is 12.1 Å². The maximum absolute atomic E-state index is 12.1. The van der Waals surface area contributed by atoms with Gasteiger partial charge in [0.2, 0.25) is 10.0 Å². The maximum atomic E-state index is 12.1. The van der Waals surface area contributed by atoms with E-state index in [0.29, 0.717) is 18.0 Å². The van der Waals surface area contributed by atoms with Crippen LogP contribution in [0, 0.1) is 16.0 Å². The van der Waals surface area contributed by atoms with Crippen molar-refractivity contribution < 1.29 is 13.3 Å². The number of hydrogen-bond donors (Lipinski definition) is 1. The second kappa shape index (κ2) is 7.85. The molecule has 1 saturated heterocycles. The number of nitrogens with one attached hydrogen (secondary N) is 1. The molecule has 0 unspecified atom stereocenters. The summed E-state index contributed by atoms with van der Waals surface area (Å²) in [6.45, 7) is 2.54. The highest BCUT2D eigenvalue weighted by atomic mass is 32.2. The lowest BCUT2D eigenvalue weighted by atomic mass is 9.94. The summed E-state index contributed by atoms with van der Waals surface area (Å²) in [7, 11) is -1.38. The van der Waals surface area contributed by atoms with Crippen LogP contribution in [0.2, 0.25) is 0 Å². The summed E-state index contributed by atoms with van der Waals surface area (Å²) >= 11 is 0. The quantitative estimate of drug-likeness (QED) is 0.602. The van der Waals surface area contributed by atoms with E-state index in [9.17, 15) is 18.5 Å². The molecule has 0 spiro atoms. The standard InChI is InChI=1S/C15H23N3O4S/c1-17-9-6-13(7-10-17)5-8-16-23(21,22)12-14-3-2-4-15(11-14)18(19)20/h2-4,11,13,16H,5-10,12H2,1H3. The molecule has 1 aromatic rings. The molecule has 1 aromatic carbocycles. The first-order valence-electron chi connectivity index (χ1n) is 7.75. The van der Waals surface area contributed by atoms with E-state index in [1.54, 1.807) is 6.07 Å². The molecule has 0 aliphatic carbocycles. The van der Waals surface area contributed by atoms with Crippen LogP contribution in [0.15, 0.2) is 24.3 Å². The molecule has 0 amide bonds. The molecule has 0 saturated carbocycles. The average molecular weight is 341 g/mol. The number of likely N-dealkylation sites (tertiary alicyclic amines) is 1. The Morgan fingerprint density at radius 2 is 2.04 bits per heavy atom. The van der Waals surface area contributed by atoms with Crippen molar-refractivity contribution in [3.8, 4) is 0 Å². The molecular weight excluding hydrogens is 318 g/mol. The molecule has 23 heavy (non-hydrogen) atoms. The third kappa shape index (κ3) is 5.89. The monoisotopic (exact) mass is 341 g/mol. The highest BCUT2D eigenvalue weighted by Gasteiger charge is 2.18. The van der Waals surface area contributed by atoms with Gasteiger partial charge in [-0.25, -0.2) is 13.1 Å². The Morgan fingerprint density at radius 3 is 2.70 bits per heavy atom. The van der Waals surface area contributed by atoms with Crippen molar-refractivity contribution in [3.05, 3.63) is 39.9 Å². The lowest BCUT2D eigenvalue weighted by Gasteiger charge is -2.28. The summed E-state index contributed by atoms with van der Waals surface area (Å²) < 4.78 is 26.8. The molecule has 0 radical (unpaired) electrons. The number of sulfonamides is 1. The van der Waals surface area contributed by atoms with Gasteiger partial charge in [0.25, 0.3) is 5.69 Å². The van der Waals surface area contributed by atoms with Crippen LogP contribution in [0.5, 0.6) is 0 Å². The smallest absolute Gasteiger partial charge is 0.269 e. The van der Waals surface area contributed by atoms with Crippen LogP contribution >= 0.6 is 0 Å². The summed E-state index contributed by atoms with van der Waals surface area (Å²) in [5.74, 6) is 0.328. The summed E-state index contributed by atoms with van der Waals surface area (Å²) in [4.78, 5) is 12.5. The Morgan fingerprint density at radius 1 is 1.35 bits per heavy atom. The molecule has 0 aromatic heterocycles. The van der Waals surface area contributed by atoms with E-state index in [1.807, 2.05) is 0 Å². The summed E-state index contributed by atoms with van der Waals surface area (Å²) in [5, 5.41) is 10.7. The molecule has 0 atom stereocenters. The first kappa shape index (κ1) is 17.8. The summed E-state index contributed by atoms with van der Waals surface area (Å²) in [6, 6.07) is 5.74. The fourth-order valence-corrected chi connectivity index (χ4v) is 3.95. The van der Waals surface area contributed by atoms with Gasteiger partial charge in [-0.15, -0.1) is 0 Å². The minimum absolute atomic E-state index is 0.0935. The zero-order valence-electron chi connectivity index (χ0n) is 13.3. The number of nitro groups is 1. The Hall–Kier alpha value is -1.51. The molecule has 1 N–H and O–H groups in total. The van der Waals surface area contributed by atoms with E-state index in [1.165, 1.54) is 18.2 Å². The Kier molecular flexibility index (Phi) is 6.09. The van der Waals surface area contributed by atoms with E-state index in [4.69, 9.17) is 0 Å². The second-order valence-electron chi connectivity index (χ2n) is 6.12. The summed E-state index contributed by atoms with van der Waals surface area (Å²) in [6.07, 6.45) is 3.04. The van der Waals surface area contributed by atoms with Crippen molar-refractivity contribution >= 4 is 15.7 Å². The number of piperidine rings is 1. The van der Waals surface area contributed by atoms with Crippen molar-refractivity contribution in [3.63, 3.8) is 0 Å². The Balaban J connectivity index is 1.82. The van der Waals surface area contributed by atoms with Crippen LogP contribution in [0.4, 0.5) is 5.69 Å². The molecule has 0 bridgehead atoms. The van der Waals surface area contributed by atoms with Crippen LogP contribution < -0.4 is 4.72 Å². The van der Waals surface area contributed by atoms with Gasteiger partial charge in [-0.2, -0.15) is 0 Å². The minimum atomic E-state index is -3.47. The first-order chi connectivity index (χ1) is 10.9. The van der Waals surface area contributed by atoms with Crippen LogP contribution in [0.3, 0.4) is 0 Å². The SMILES string of the molecule is CN1CCC(CCNS(=O)(=O)Cc2cccc([N+](=O)[O-])c2)CC1. The van der Waals surface area contributed by atoms with E-state index < -0.39 is 14.9 Å². The normalized spacial score (nSPS) is 17.3. The van der Waals surface area contributed by atoms with Crippen molar-refractivity contribution in [2.75, 3.05) is 26.7 Å². The fraction of sp³-hybridized carbons (Fsp3) is 0.600. The Bertz CT molecular complexity index is 640. The largest absolute Gasteiger partial charge is 0.306 e. The number of nitro benzene ring substituents is 1. The number of benzene rings is 1. The van der Waals surface area contributed by atoms with Gasteiger partial charge < -0.3 is 4.90 Å². The number of non-ortho nitro benzene ring substituents is 1. The zero-order valence-corrected chi connectivity index (χ0v) is 14.1. The fourth-order valence-electron chi connectivity index (χ4n) is 2.80. The number of rotatable bonds is 7. The van der Waals surface area contributed by atoms with Gasteiger partial charge >= 0.3 is 0 Å². The van der Waals surface area contributed by atoms with Gasteiger partial charge in [0.05, 0.1) is 10.7 Å². The van der Waals surface area contributed by atoms with Gasteiger partial charge in [-0.3, -0.25) is 10.1 Å². The van der Waals surface area contributed by atoms with Crippen molar-refractivity contribution in [1.29, 1.82) is 0 Å². The van der Waals surface area contributed by atoms with Crippen molar-refractivity contribution in [2.45, 2.75) is 25.0 Å². The third-order valence-corrected chi connectivity index (χ3v) is 5.55. The zero-order chi connectivity index (χ0) is 16.9. The predicted octanol–water partition coefficient (Wildman–Crippen LogP) is 1.75. The summed E-state index contributed by atoms with van der Waals surface area (Å²) in [5.41, 5.74) is 0.329. The highest BCUT2D eigenvalue weighted by molar-refractivity contribution is 7.88. The molecule has 2 rings (SSSR count). The molecule has 8 heteroatoms. The topological polar surface area (TPSA) is 92.6 Å². The minimum Gasteiger partial charge on any atom is -0.306 e. The number of nitrogens with zero attached hydrogens (tertiary/aromatic N) is 2. The van der Waals surface area contributed by atoms with Crippen LogP contribution in [-0.2, 0) is 15.8 Å². The van der Waals surface area contributed by atoms with E-state index in [-0.39, 0.29) is 11.4 Å². The Labute approximate surface area is 136 Å². The molecule has 1 fully saturated rings. The lowest BCUT2D eigenvalue weighted by Crippen LogP contribution is -2.33. The van der Waals surface area contributed by atoms with Crippen LogP contribution in [0.25, 0.3) is 0 Å². The van der Waals surface area contributed by atoms with Crippen molar-refractivity contribution in [1.82, 2.24) is 9.62 Å². The predicted molar refractivity (Wildman–Crippen MR) is 88.6 cm³/mol. The molecular formula is C15H23N3O4S. The van der Waals surface area contributed by atoms with Gasteiger partial charge in [-0.05, 0) is 50.9 Å². The third-order valence-electron chi connectivity index (χ3n) is 4.19. The molecule has 1 aliphatic rings. The van der Waals surface area contributed by atoms with Gasteiger partial charge in [0.15, 0.2) is 0 Å². The van der Waals surface area contributed by atoms with E-state index in [0.717, 1.165) is 32.4 Å². The first-order valence-corrected chi connectivity index (χ1v) is 9.40. The highest BCUT2D eigenvalue weighted by Crippen LogP contribution is 2.19. The lowest BCUT2D eigenvalue weighted by molar-refractivity contribution is -0.384. The van der Waals surface area contributed by atoms with E-state index >= 15 is 0 Å². The van der Waals surface area contributed by atoms with Crippen molar-refractivity contribution in [2.24, 2.45) is 5.92 Å². The molecule has 7 nitrogen and oxygen atoms in total. The maximum Gasteiger partial charge on any atom is 0.269 e.